The summed E-state index contributed by atoms with van der Waals surface area (Å²) in [4.78, 5) is 0.0776. The van der Waals surface area contributed by atoms with Crippen LogP contribution in [0.2, 0.25) is 0 Å². The lowest BCUT2D eigenvalue weighted by atomic mass is 10.1. The van der Waals surface area contributed by atoms with Crippen LogP contribution in [-0.4, -0.2) is 20.3 Å². The molecule has 18 heavy (non-hydrogen) atoms. The molecule has 1 N–H and O–H groups in total. The van der Waals surface area contributed by atoms with E-state index in [1.807, 2.05) is 0 Å². The van der Waals surface area contributed by atoms with E-state index in [1.54, 1.807) is 12.1 Å². The first-order valence-electron chi connectivity index (χ1n) is 6.19. The summed E-state index contributed by atoms with van der Waals surface area (Å²) in [6, 6.07) is 6.61. The van der Waals surface area contributed by atoms with Crippen molar-refractivity contribution >= 4 is 10.1 Å². The summed E-state index contributed by atoms with van der Waals surface area (Å²) in [5, 5.41) is 8.48. The van der Waals surface area contributed by atoms with E-state index in [0.717, 1.165) is 18.4 Å². The van der Waals surface area contributed by atoms with Crippen LogP contribution in [0.5, 0.6) is 0 Å². The highest BCUT2D eigenvalue weighted by molar-refractivity contribution is 7.86. The Hall–Kier alpha value is -0.910. The molecule has 0 fully saturated rings. The first-order chi connectivity index (χ1) is 8.60. The zero-order valence-electron chi connectivity index (χ0n) is 10.6. The highest BCUT2D eigenvalue weighted by Gasteiger charge is 2.13. The molecule has 0 amide bonds. The molecule has 0 unspecified atom stereocenters. The number of hydrogen-bond donors (Lipinski definition) is 1. The van der Waals surface area contributed by atoms with Crippen molar-refractivity contribution in [2.75, 3.05) is 6.79 Å². The predicted molar refractivity (Wildman–Crippen MR) is 69.6 cm³/mol. The van der Waals surface area contributed by atoms with Gasteiger partial charge in [0, 0.05) is 0 Å². The van der Waals surface area contributed by atoms with E-state index in [9.17, 15) is 8.42 Å². The van der Waals surface area contributed by atoms with Gasteiger partial charge in [0.15, 0.2) is 6.79 Å². The van der Waals surface area contributed by atoms with Gasteiger partial charge in [0.05, 0.1) is 4.90 Å². The Morgan fingerprint density at radius 3 is 2.33 bits per heavy atom. The number of benzene rings is 1. The minimum absolute atomic E-state index is 0.0776. The number of rotatable bonds is 8. The molecule has 102 valence electrons. The van der Waals surface area contributed by atoms with E-state index in [2.05, 4.69) is 11.1 Å². The summed E-state index contributed by atoms with van der Waals surface area (Å²) in [6.07, 6.45) is 5.71. The Bertz CT molecular complexity index is 437. The second kappa shape index (κ2) is 7.51. The molecular weight excluding hydrogens is 252 g/mol. The van der Waals surface area contributed by atoms with Gasteiger partial charge in [-0.2, -0.15) is 8.42 Å². The summed E-state index contributed by atoms with van der Waals surface area (Å²) in [6.45, 7) is 1.34. The fourth-order valence-corrected chi connectivity index (χ4v) is 2.46. The molecule has 0 saturated carbocycles. The van der Waals surface area contributed by atoms with Crippen LogP contribution in [0.15, 0.2) is 29.2 Å². The maximum atomic E-state index is 11.5. The van der Waals surface area contributed by atoms with Crippen LogP contribution in [0.25, 0.3) is 0 Å². The molecule has 0 aliphatic heterocycles. The smallest absolute Gasteiger partial charge is 0.299 e. The summed E-state index contributed by atoms with van der Waals surface area (Å²) >= 11 is 0. The summed E-state index contributed by atoms with van der Waals surface area (Å²) in [5.74, 6) is 0. The van der Waals surface area contributed by atoms with Gasteiger partial charge >= 0.3 is 0 Å². The number of unbranched alkanes of at least 4 members (excludes halogenated alkanes) is 3. The van der Waals surface area contributed by atoms with E-state index in [0.29, 0.717) is 0 Å². The maximum absolute atomic E-state index is 11.5. The normalized spacial score (nSPS) is 11.7. The van der Waals surface area contributed by atoms with Gasteiger partial charge in [-0.15, -0.1) is 0 Å². The van der Waals surface area contributed by atoms with Crippen LogP contribution in [0.1, 0.15) is 38.2 Å². The monoisotopic (exact) mass is 272 g/mol. The topological polar surface area (TPSA) is 63.6 Å². The highest BCUT2D eigenvalue weighted by Crippen LogP contribution is 2.15. The molecule has 1 aromatic rings. The molecule has 0 bridgehead atoms. The van der Waals surface area contributed by atoms with Crippen molar-refractivity contribution in [2.24, 2.45) is 0 Å². The van der Waals surface area contributed by atoms with E-state index in [1.165, 1.54) is 31.4 Å². The molecule has 1 aromatic carbocycles. The van der Waals surface area contributed by atoms with Crippen molar-refractivity contribution in [1.29, 1.82) is 0 Å². The van der Waals surface area contributed by atoms with Gasteiger partial charge in [-0.05, 0) is 30.5 Å². The van der Waals surface area contributed by atoms with Crippen molar-refractivity contribution in [1.82, 2.24) is 0 Å². The molecule has 0 aromatic heterocycles. The standard InChI is InChI=1S/C13H20O4S/c1-2-3-4-5-6-12-7-9-13(10-8-12)18(15,16)17-11-14/h7-10,14H,2-6,11H2,1H3. The maximum Gasteiger partial charge on any atom is 0.299 e. The largest absolute Gasteiger partial charge is 0.369 e. The molecule has 0 saturated heterocycles. The van der Waals surface area contributed by atoms with Crippen LogP contribution in [-0.2, 0) is 20.7 Å². The molecule has 0 aliphatic rings. The lowest BCUT2D eigenvalue weighted by Gasteiger charge is -2.05. The van der Waals surface area contributed by atoms with Gasteiger partial charge in [-0.25, -0.2) is 4.18 Å². The average Bonchev–Trinajstić information content (AvgIpc) is 2.35. The van der Waals surface area contributed by atoms with Crippen molar-refractivity contribution < 1.29 is 17.7 Å². The zero-order valence-corrected chi connectivity index (χ0v) is 11.4. The quantitative estimate of drug-likeness (QED) is 0.448. The van der Waals surface area contributed by atoms with Crippen LogP contribution in [0.4, 0.5) is 0 Å². The minimum atomic E-state index is -3.81. The molecule has 1 rings (SSSR count). The Labute approximate surface area is 109 Å². The van der Waals surface area contributed by atoms with E-state index >= 15 is 0 Å². The summed E-state index contributed by atoms with van der Waals surface area (Å²) in [7, 11) is -3.81. The number of aliphatic hydroxyl groups is 1. The van der Waals surface area contributed by atoms with Crippen molar-refractivity contribution in [3.8, 4) is 0 Å². The van der Waals surface area contributed by atoms with Gasteiger partial charge in [0.25, 0.3) is 10.1 Å². The van der Waals surface area contributed by atoms with Crippen LogP contribution in [0, 0.1) is 0 Å². The van der Waals surface area contributed by atoms with E-state index in [-0.39, 0.29) is 4.90 Å². The Morgan fingerprint density at radius 2 is 1.78 bits per heavy atom. The second-order valence-corrected chi connectivity index (χ2v) is 5.77. The third-order valence-corrected chi connectivity index (χ3v) is 4.00. The van der Waals surface area contributed by atoms with Crippen molar-refractivity contribution in [3.63, 3.8) is 0 Å². The first-order valence-corrected chi connectivity index (χ1v) is 7.60. The highest BCUT2D eigenvalue weighted by atomic mass is 32.2. The van der Waals surface area contributed by atoms with Crippen molar-refractivity contribution in [3.05, 3.63) is 29.8 Å². The van der Waals surface area contributed by atoms with E-state index < -0.39 is 16.9 Å². The lowest BCUT2D eigenvalue weighted by Crippen LogP contribution is -2.07. The average molecular weight is 272 g/mol. The molecule has 0 heterocycles. The van der Waals surface area contributed by atoms with Crippen LogP contribution < -0.4 is 0 Å². The van der Waals surface area contributed by atoms with Crippen LogP contribution >= 0.6 is 0 Å². The number of aryl methyl sites for hydroxylation is 1. The lowest BCUT2D eigenvalue weighted by molar-refractivity contribution is 0.105. The zero-order chi connectivity index (χ0) is 13.4. The molecule has 4 nitrogen and oxygen atoms in total. The fourth-order valence-electron chi connectivity index (χ4n) is 1.72. The first kappa shape index (κ1) is 15.1. The molecule has 0 aliphatic carbocycles. The molecule has 0 atom stereocenters. The summed E-state index contributed by atoms with van der Waals surface area (Å²) < 4.78 is 27.2. The Kier molecular flexibility index (Phi) is 6.32. The third kappa shape index (κ3) is 4.76. The van der Waals surface area contributed by atoms with Gasteiger partial charge < -0.3 is 5.11 Å². The Balaban J connectivity index is 2.57. The van der Waals surface area contributed by atoms with E-state index in [4.69, 9.17) is 5.11 Å². The molecular formula is C13H20O4S. The third-order valence-electron chi connectivity index (χ3n) is 2.74. The predicted octanol–water partition coefficient (Wildman–Crippen LogP) is 2.46. The number of aliphatic hydroxyl groups excluding tert-OH is 1. The van der Waals surface area contributed by atoms with Crippen LogP contribution in [0.3, 0.4) is 0 Å². The van der Waals surface area contributed by atoms with Gasteiger partial charge in [0.2, 0.25) is 0 Å². The molecule has 0 spiro atoms. The second-order valence-electron chi connectivity index (χ2n) is 4.16. The number of hydrogen-bond acceptors (Lipinski definition) is 4. The van der Waals surface area contributed by atoms with Gasteiger partial charge in [-0.3, -0.25) is 0 Å². The Morgan fingerprint density at radius 1 is 1.11 bits per heavy atom. The minimum Gasteiger partial charge on any atom is -0.369 e. The molecule has 0 radical (unpaired) electrons. The fraction of sp³-hybridized carbons (Fsp3) is 0.538. The SMILES string of the molecule is CCCCCCc1ccc(S(=O)(=O)OCO)cc1. The van der Waals surface area contributed by atoms with Gasteiger partial charge in [-0.1, -0.05) is 38.3 Å². The summed E-state index contributed by atoms with van der Waals surface area (Å²) in [5.41, 5.74) is 1.12. The van der Waals surface area contributed by atoms with Crippen molar-refractivity contribution in [2.45, 2.75) is 43.9 Å². The van der Waals surface area contributed by atoms with Gasteiger partial charge in [0.1, 0.15) is 0 Å². The molecule has 5 heteroatoms.